The Hall–Kier alpha value is -3.55. The summed E-state index contributed by atoms with van der Waals surface area (Å²) in [5, 5.41) is 5.94. The number of benzene rings is 2. The van der Waals surface area contributed by atoms with Gasteiger partial charge in [-0.3, -0.25) is 14.5 Å². The van der Waals surface area contributed by atoms with Crippen molar-refractivity contribution in [3.05, 3.63) is 59.7 Å². The fraction of sp³-hybridized carbons (Fsp3) is 0.444. The van der Waals surface area contributed by atoms with Crippen LogP contribution >= 0.6 is 0 Å². The molecule has 1 heterocycles. The Morgan fingerprint density at radius 2 is 1.69 bits per heavy atom. The molecular formula is C27H33N3O5. The third kappa shape index (κ3) is 5.11. The predicted molar refractivity (Wildman–Crippen MR) is 131 cm³/mol. The summed E-state index contributed by atoms with van der Waals surface area (Å²) in [5.41, 5.74) is 1.02. The van der Waals surface area contributed by atoms with Crippen LogP contribution in [0.2, 0.25) is 0 Å². The lowest BCUT2D eigenvalue weighted by Gasteiger charge is -2.36. The van der Waals surface area contributed by atoms with E-state index >= 15 is 0 Å². The molecule has 1 aliphatic heterocycles. The van der Waals surface area contributed by atoms with E-state index in [0.717, 1.165) is 46.8 Å². The number of carbonyl (C=O) groups excluding carboxylic acids is 3. The van der Waals surface area contributed by atoms with Crippen molar-refractivity contribution in [1.29, 1.82) is 0 Å². The van der Waals surface area contributed by atoms with Gasteiger partial charge in [0, 0.05) is 0 Å². The quantitative estimate of drug-likeness (QED) is 0.564. The molecule has 1 saturated heterocycles. The summed E-state index contributed by atoms with van der Waals surface area (Å²) in [6.07, 6.45) is 3.96. The van der Waals surface area contributed by atoms with Crippen LogP contribution in [-0.2, 0) is 16.0 Å². The molecule has 186 valence electrons. The summed E-state index contributed by atoms with van der Waals surface area (Å²) in [7, 11) is 3.22. The Labute approximate surface area is 206 Å². The van der Waals surface area contributed by atoms with Crippen molar-refractivity contribution in [3.8, 4) is 11.5 Å². The van der Waals surface area contributed by atoms with Crippen molar-refractivity contribution >= 4 is 17.8 Å². The molecule has 2 aromatic rings. The summed E-state index contributed by atoms with van der Waals surface area (Å²) in [6.45, 7) is 1.68. The molecule has 0 bridgehead atoms. The first-order valence-corrected chi connectivity index (χ1v) is 12.1. The zero-order chi connectivity index (χ0) is 25.0. The number of rotatable bonds is 8. The number of amides is 4. The number of nitrogens with one attached hydrogen (secondary N) is 2. The normalized spacial score (nSPS) is 22.6. The summed E-state index contributed by atoms with van der Waals surface area (Å²) in [6, 6.07) is 14.3. The molecule has 8 nitrogen and oxygen atoms in total. The lowest BCUT2D eigenvalue weighted by atomic mass is 9.73. The third-order valence-corrected chi connectivity index (χ3v) is 7.26. The molecule has 1 spiro atoms. The molecule has 35 heavy (non-hydrogen) atoms. The maximum absolute atomic E-state index is 13.3. The number of urea groups is 1. The van der Waals surface area contributed by atoms with Gasteiger partial charge in [-0.2, -0.15) is 0 Å². The highest BCUT2D eigenvalue weighted by Crippen LogP contribution is 2.38. The van der Waals surface area contributed by atoms with Gasteiger partial charge in [0.2, 0.25) is 5.91 Å². The van der Waals surface area contributed by atoms with Crippen molar-refractivity contribution in [2.24, 2.45) is 5.92 Å². The highest BCUT2D eigenvalue weighted by Gasteiger charge is 2.55. The standard InChI is InChI=1S/C27H33N3O5/c1-18-6-4-5-15-27(18)25(32)30(26(33)29-27)17-24(31)28-23(20-9-13-22(35-3)14-10-20)16-19-7-11-21(34-2)12-8-19/h7-14,18,23H,4-6,15-17H2,1-3H3,(H,28,31)(H,29,33). The Morgan fingerprint density at radius 1 is 1.06 bits per heavy atom. The summed E-state index contributed by atoms with van der Waals surface area (Å²) in [5.74, 6) is 0.838. The maximum atomic E-state index is 13.3. The van der Waals surface area contributed by atoms with E-state index in [-0.39, 0.29) is 30.3 Å². The second-order valence-corrected chi connectivity index (χ2v) is 9.39. The van der Waals surface area contributed by atoms with Crippen molar-refractivity contribution < 1.29 is 23.9 Å². The van der Waals surface area contributed by atoms with Gasteiger partial charge in [0.1, 0.15) is 23.6 Å². The van der Waals surface area contributed by atoms with Crippen LogP contribution in [0.25, 0.3) is 0 Å². The molecule has 3 unspecified atom stereocenters. The maximum Gasteiger partial charge on any atom is 0.325 e. The van der Waals surface area contributed by atoms with E-state index in [0.29, 0.717) is 12.8 Å². The highest BCUT2D eigenvalue weighted by atomic mass is 16.5. The molecule has 1 saturated carbocycles. The molecule has 3 atom stereocenters. The highest BCUT2D eigenvalue weighted by molar-refractivity contribution is 6.09. The van der Waals surface area contributed by atoms with Gasteiger partial charge in [-0.25, -0.2) is 4.79 Å². The molecule has 2 aliphatic rings. The van der Waals surface area contributed by atoms with Crippen molar-refractivity contribution in [1.82, 2.24) is 15.5 Å². The average molecular weight is 480 g/mol. The first kappa shape index (κ1) is 24.6. The second kappa shape index (κ2) is 10.4. The molecule has 0 aromatic heterocycles. The van der Waals surface area contributed by atoms with Crippen LogP contribution in [0, 0.1) is 5.92 Å². The van der Waals surface area contributed by atoms with Gasteiger partial charge in [0.15, 0.2) is 0 Å². The zero-order valence-corrected chi connectivity index (χ0v) is 20.5. The molecule has 4 amide bonds. The Morgan fingerprint density at radius 3 is 2.29 bits per heavy atom. The predicted octanol–water partition coefficient (Wildman–Crippen LogP) is 3.60. The SMILES string of the molecule is COc1ccc(CC(NC(=O)CN2C(=O)NC3(CCCCC3C)C2=O)c2ccc(OC)cc2)cc1. The lowest BCUT2D eigenvalue weighted by molar-refractivity contribution is -0.137. The van der Waals surface area contributed by atoms with Crippen LogP contribution in [0.3, 0.4) is 0 Å². The zero-order valence-electron chi connectivity index (χ0n) is 20.5. The fourth-order valence-corrected chi connectivity index (χ4v) is 5.11. The van der Waals surface area contributed by atoms with Crippen LogP contribution in [0.5, 0.6) is 11.5 Å². The van der Waals surface area contributed by atoms with E-state index < -0.39 is 11.6 Å². The van der Waals surface area contributed by atoms with E-state index in [2.05, 4.69) is 10.6 Å². The minimum atomic E-state index is -0.881. The number of carbonyl (C=O) groups is 3. The van der Waals surface area contributed by atoms with Crippen molar-refractivity contribution in [2.45, 2.75) is 50.6 Å². The largest absolute Gasteiger partial charge is 0.497 e. The molecule has 2 N–H and O–H groups in total. The fourth-order valence-electron chi connectivity index (χ4n) is 5.11. The van der Waals surface area contributed by atoms with Gasteiger partial charge >= 0.3 is 6.03 Å². The molecule has 0 radical (unpaired) electrons. The monoisotopic (exact) mass is 479 g/mol. The Balaban J connectivity index is 1.50. The van der Waals surface area contributed by atoms with E-state index in [1.807, 2.05) is 55.5 Å². The summed E-state index contributed by atoms with van der Waals surface area (Å²) < 4.78 is 10.5. The molecule has 4 rings (SSSR count). The third-order valence-electron chi connectivity index (χ3n) is 7.26. The smallest absolute Gasteiger partial charge is 0.325 e. The van der Waals surface area contributed by atoms with Crippen molar-refractivity contribution in [2.75, 3.05) is 20.8 Å². The Kier molecular flexibility index (Phi) is 7.28. The minimum absolute atomic E-state index is 0.0443. The van der Waals surface area contributed by atoms with Gasteiger partial charge in [-0.15, -0.1) is 0 Å². The molecule has 8 heteroatoms. The number of imide groups is 1. The first-order chi connectivity index (χ1) is 16.9. The van der Waals surface area contributed by atoms with Crippen LogP contribution < -0.4 is 20.1 Å². The van der Waals surface area contributed by atoms with Gasteiger partial charge < -0.3 is 20.1 Å². The van der Waals surface area contributed by atoms with Crippen LogP contribution in [0.1, 0.15) is 49.8 Å². The van der Waals surface area contributed by atoms with Crippen LogP contribution in [-0.4, -0.2) is 49.0 Å². The van der Waals surface area contributed by atoms with E-state index in [1.165, 1.54) is 0 Å². The number of nitrogens with zero attached hydrogens (tertiary/aromatic N) is 1. The van der Waals surface area contributed by atoms with Gasteiger partial charge in [0.25, 0.3) is 5.91 Å². The van der Waals surface area contributed by atoms with E-state index in [1.54, 1.807) is 14.2 Å². The molecule has 2 aromatic carbocycles. The molecule has 2 fully saturated rings. The second-order valence-electron chi connectivity index (χ2n) is 9.39. The minimum Gasteiger partial charge on any atom is -0.497 e. The summed E-state index contributed by atoms with van der Waals surface area (Å²) >= 11 is 0. The van der Waals surface area contributed by atoms with Crippen LogP contribution in [0.4, 0.5) is 4.79 Å². The number of hydrogen-bond donors (Lipinski definition) is 2. The summed E-state index contributed by atoms with van der Waals surface area (Å²) in [4.78, 5) is 40.1. The van der Waals surface area contributed by atoms with Gasteiger partial charge in [0.05, 0.1) is 20.3 Å². The molecule has 1 aliphatic carbocycles. The number of ether oxygens (including phenoxy) is 2. The van der Waals surface area contributed by atoms with Crippen LogP contribution in [0.15, 0.2) is 48.5 Å². The average Bonchev–Trinajstić information content (AvgIpc) is 3.10. The Bertz CT molecular complexity index is 1070. The number of methoxy groups -OCH3 is 2. The molecular weight excluding hydrogens is 446 g/mol. The first-order valence-electron chi connectivity index (χ1n) is 12.1. The van der Waals surface area contributed by atoms with E-state index in [4.69, 9.17) is 9.47 Å². The topological polar surface area (TPSA) is 97.0 Å². The van der Waals surface area contributed by atoms with Gasteiger partial charge in [-0.05, 0) is 60.6 Å². The number of hydrogen-bond acceptors (Lipinski definition) is 5. The van der Waals surface area contributed by atoms with Crippen molar-refractivity contribution in [3.63, 3.8) is 0 Å². The van der Waals surface area contributed by atoms with Gasteiger partial charge in [-0.1, -0.05) is 44.0 Å². The van der Waals surface area contributed by atoms with E-state index in [9.17, 15) is 14.4 Å². The lowest BCUT2D eigenvalue weighted by Crippen LogP contribution is -2.54.